The molecular weight excluding hydrogens is 336 g/mol. The van der Waals surface area contributed by atoms with Crippen molar-refractivity contribution in [2.75, 3.05) is 66.0 Å². The first-order chi connectivity index (χ1) is 12.5. The van der Waals surface area contributed by atoms with Crippen molar-refractivity contribution in [2.24, 2.45) is 0 Å². The van der Waals surface area contributed by atoms with E-state index in [1.807, 2.05) is 4.90 Å². The van der Waals surface area contributed by atoms with Crippen LogP contribution in [0.1, 0.15) is 25.7 Å². The summed E-state index contributed by atoms with van der Waals surface area (Å²) in [6.07, 6.45) is 2.85. The summed E-state index contributed by atoms with van der Waals surface area (Å²) in [6.45, 7) is 8.28. The molecule has 0 spiro atoms. The highest BCUT2D eigenvalue weighted by molar-refractivity contribution is 5.70. The molecule has 0 aliphatic carbocycles. The summed E-state index contributed by atoms with van der Waals surface area (Å²) in [6, 6.07) is 0.329. The highest BCUT2D eigenvalue weighted by Gasteiger charge is 2.37. The molecule has 148 valence electrons. The van der Waals surface area contributed by atoms with Crippen molar-refractivity contribution < 1.29 is 19.4 Å². The van der Waals surface area contributed by atoms with Crippen LogP contribution in [-0.4, -0.2) is 115 Å². The number of ether oxygens (including phenoxy) is 1. The first kappa shape index (κ1) is 19.4. The number of cyclic esters (lactones) is 1. The molecule has 0 aromatic heterocycles. The highest BCUT2D eigenvalue weighted by Crippen LogP contribution is 2.22. The highest BCUT2D eigenvalue weighted by atomic mass is 16.6. The maximum Gasteiger partial charge on any atom is 0.410 e. The third-order valence-electron chi connectivity index (χ3n) is 5.82. The fourth-order valence-corrected chi connectivity index (χ4v) is 4.18. The molecule has 0 aromatic carbocycles. The smallest absolute Gasteiger partial charge is 0.410 e. The maximum absolute atomic E-state index is 12.2. The third-order valence-corrected chi connectivity index (χ3v) is 5.82. The third kappa shape index (κ3) is 5.31. The van der Waals surface area contributed by atoms with Gasteiger partial charge in [-0.2, -0.15) is 0 Å². The minimum Gasteiger partial charge on any atom is -0.481 e. The van der Waals surface area contributed by atoms with Crippen LogP contribution in [0.4, 0.5) is 4.79 Å². The molecule has 0 radical (unpaired) electrons. The lowest BCUT2D eigenvalue weighted by atomic mass is 10.0. The molecule has 3 saturated heterocycles. The predicted molar refractivity (Wildman–Crippen MR) is 97.2 cm³/mol. The van der Waals surface area contributed by atoms with Gasteiger partial charge in [0.2, 0.25) is 0 Å². The van der Waals surface area contributed by atoms with Gasteiger partial charge in [0.15, 0.2) is 0 Å². The van der Waals surface area contributed by atoms with E-state index in [1.165, 1.54) is 0 Å². The quantitative estimate of drug-likeness (QED) is 0.696. The second kappa shape index (κ2) is 9.01. The van der Waals surface area contributed by atoms with E-state index in [-0.39, 0.29) is 18.6 Å². The van der Waals surface area contributed by atoms with Crippen LogP contribution in [-0.2, 0) is 9.53 Å². The maximum atomic E-state index is 12.2. The van der Waals surface area contributed by atoms with Gasteiger partial charge in [-0.25, -0.2) is 4.79 Å². The summed E-state index contributed by atoms with van der Waals surface area (Å²) < 4.78 is 5.63. The normalized spacial score (nSPS) is 27.0. The number of rotatable bonds is 7. The first-order valence-corrected chi connectivity index (χ1v) is 9.83. The van der Waals surface area contributed by atoms with Crippen LogP contribution >= 0.6 is 0 Å². The predicted octanol–water partition coefficient (Wildman–Crippen LogP) is 0.384. The Balaban J connectivity index is 1.36. The van der Waals surface area contributed by atoms with E-state index in [0.717, 1.165) is 65.2 Å². The summed E-state index contributed by atoms with van der Waals surface area (Å²) >= 11 is 0. The number of carboxylic acids is 1. The summed E-state index contributed by atoms with van der Waals surface area (Å²) in [4.78, 5) is 31.8. The molecule has 1 N–H and O–H groups in total. The van der Waals surface area contributed by atoms with Crippen molar-refractivity contribution in [3.63, 3.8) is 0 Å². The number of hydrogen-bond donors (Lipinski definition) is 1. The van der Waals surface area contributed by atoms with E-state index in [2.05, 4.69) is 21.7 Å². The van der Waals surface area contributed by atoms with E-state index in [9.17, 15) is 9.59 Å². The number of nitrogens with zero attached hydrogens (tertiary/aromatic N) is 4. The molecule has 3 aliphatic heterocycles. The van der Waals surface area contributed by atoms with Gasteiger partial charge in [0.1, 0.15) is 6.10 Å². The lowest BCUT2D eigenvalue weighted by Gasteiger charge is -2.35. The zero-order valence-corrected chi connectivity index (χ0v) is 15.8. The van der Waals surface area contributed by atoms with Crippen LogP contribution in [0, 0.1) is 0 Å². The Labute approximate surface area is 155 Å². The Morgan fingerprint density at radius 3 is 2.42 bits per heavy atom. The second-order valence-corrected chi connectivity index (χ2v) is 7.83. The molecular formula is C18H32N4O4. The average molecular weight is 368 g/mol. The second-order valence-electron chi connectivity index (χ2n) is 7.83. The van der Waals surface area contributed by atoms with Gasteiger partial charge in [-0.15, -0.1) is 0 Å². The number of amides is 1. The van der Waals surface area contributed by atoms with Crippen LogP contribution < -0.4 is 0 Å². The molecule has 3 fully saturated rings. The molecule has 1 atom stereocenters. The largest absolute Gasteiger partial charge is 0.481 e. The average Bonchev–Trinajstić information content (AvgIpc) is 2.97. The Hall–Kier alpha value is -1.38. The van der Waals surface area contributed by atoms with Gasteiger partial charge in [0.05, 0.1) is 6.54 Å². The Morgan fingerprint density at radius 1 is 1.12 bits per heavy atom. The van der Waals surface area contributed by atoms with Crippen LogP contribution in [0.15, 0.2) is 0 Å². The van der Waals surface area contributed by atoms with Crippen molar-refractivity contribution in [1.29, 1.82) is 0 Å². The number of likely N-dealkylation sites (tertiary alicyclic amines) is 1. The fourth-order valence-electron chi connectivity index (χ4n) is 4.18. The van der Waals surface area contributed by atoms with Gasteiger partial charge in [-0.05, 0) is 45.9 Å². The van der Waals surface area contributed by atoms with Gasteiger partial charge in [0, 0.05) is 45.2 Å². The van der Waals surface area contributed by atoms with Gasteiger partial charge in [-0.3, -0.25) is 9.69 Å². The topological polar surface area (TPSA) is 76.6 Å². The number of carbonyl (C=O) groups excluding carboxylic acids is 1. The Kier molecular flexibility index (Phi) is 6.72. The van der Waals surface area contributed by atoms with E-state index in [0.29, 0.717) is 19.0 Å². The molecule has 3 rings (SSSR count). The number of carboxylic acid groups (broad SMARTS) is 1. The minimum atomic E-state index is -0.721. The molecule has 0 saturated carbocycles. The van der Waals surface area contributed by atoms with Gasteiger partial charge in [0.25, 0.3) is 0 Å². The number of hydrogen-bond acceptors (Lipinski definition) is 6. The van der Waals surface area contributed by atoms with Crippen LogP contribution in [0.25, 0.3) is 0 Å². The first-order valence-electron chi connectivity index (χ1n) is 9.83. The van der Waals surface area contributed by atoms with Crippen molar-refractivity contribution >= 4 is 12.1 Å². The van der Waals surface area contributed by atoms with E-state index in [4.69, 9.17) is 9.84 Å². The summed E-state index contributed by atoms with van der Waals surface area (Å²) in [5.74, 6) is -0.721. The molecule has 8 nitrogen and oxygen atoms in total. The molecule has 26 heavy (non-hydrogen) atoms. The number of piperidine rings is 1. The van der Waals surface area contributed by atoms with Gasteiger partial charge in [-0.1, -0.05) is 0 Å². The SMILES string of the molecule is CN1CCC(N2CC(CN3CCN(CCCC(=O)O)CC3)OC2=O)CC1. The summed E-state index contributed by atoms with van der Waals surface area (Å²) in [5, 5.41) is 8.72. The van der Waals surface area contributed by atoms with Crippen molar-refractivity contribution in [1.82, 2.24) is 19.6 Å². The molecule has 3 heterocycles. The van der Waals surface area contributed by atoms with Crippen molar-refractivity contribution in [2.45, 2.75) is 37.8 Å². The van der Waals surface area contributed by atoms with Crippen molar-refractivity contribution in [3.05, 3.63) is 0 Å². The minimum absolute atomic E-state index is 0.0271. The van der Waals surface area contributed by atoms with Crippen molar-refractivity contribution in [3.8, 4) is 0 Å². The van der Waals surface area contributed by atoms with Crippen LogP contribution in [0.2, 0.25) is 0 Å². The molecule has 0 bridgehead atoms. The molecule has 3 aliphatic rings. The van der Waals surface area contributed by atoms with Crippen LogP contribution in [0.3, 0.4) is 0 Å². The fraction of sp³-hybridized carbons (Fsp3) is 0.889. The lowest BCUT2D eigenvalue weighted by molar-refractivity contribution is -0.137. The van der Waals surface area contributed by atoms with E-state index in [1.54, 1.807) is 0 Å². The summed E-state index contributed by atoms with van der Waals surface area (Å²) in [5.41, 5.74) is 0. The molecule has 1 amide bonds. The van der Waals surface area contributed by atoms with Crippen LogP contribution in [0.5, 0.6) is 0 Å². The number of aliphatic carboxylic acids is 1. The number of piperazine rings is 1. The molecule has 8 heteroatoms. The Bertz CT molecular complexity index is 488. The van der Waals surface area contributed by atoms with Gasteiger partial charge >= 0.3 is 12.1 Å². The van der Waals surface area contributed by atoms with E-state index < -0.39 is 5.97 Å². The number of carbonyl (C=O) groups is 2. The zero-order valence-electron chi connectivity index (χ0n) is 15.8. The van der Waals surface area contributed by atoms with Gasteiger partial charge < -0.3 is 24.5 Å². The van der Waals surface area contributed by atoms with E-state index >= 15 is 0 Å². The zero-order chi connectivity index (χ0) is 18.5. The molecule has 1 unspecified atom stereocenters. The summed E-state index contributed by atoms with van der Waals surface area (Å²) in [7, 11) is 2.13. The Morgan fingerprint density at radius 2 is 1.77 bits per heavy atom. The lowest BCUT2D eigenvalue weighted by Crippen LogP contribution is -2.49. The standard InChI is InChI=1S/C18H32N4O4/c1-19-7-4-15(5-8-19)22-14-16(26-18(22)25)13-21-11-9-20(10-12-21)6-2-3-17(23)24/h15-16H,2-14H2,1H3,(H,23,24). The monoisotopic (exact) mass is 368 g/mol. The molecule has 0 aromatic rings.